The zero-order chi connectivity index (χ0) is 13.8. The summed E-state index contributed by atoms with van der Waals surface area (Å²) in [6.45, 7) is 10.0. The maximum absolute atomic E-state index is 11.7. The van der Waals surface area contributed by atoms with Crippen LogP contribution in [-0.2, 0) is 14.3 Å². The molecule has 0 radical (unpaired) electrons. The normalized spacial score (nSPS) is 21.7. The van der Waals surface area contributed by atoms with Gasteiger partial charge in [0.2, 0.25) is 0 Å². The summed E-state index contributed by atoms with van der Waals surface area (Å²) < 4.78 is 4.85. The van der Waals surface area contributed by atoms with E-state index in [-0.39, 0.29) is 6.54 Å². The Bertz CT molecular complexity index is 310. The maximum Gasteiger partial charge on any atom is 0.327 e. The van der Waals surface area contributed by atoms with Crippen LogP contribution in [0.3, 0.4) is 0 Å². The van der Waals surface area contributed by atoms with E-state index in [1.54, 1.807) is 20.8 Å². The van der Waals surface area contributed by atoms with E-state index in [9.17, 15) is 9.59 Å². The number of carbonyl (C=O) groups is 2. The summed E-state index contributed by atoms with van der Waals surface area (Å²) >= 11 is 0. The lowest BCUT2D eigenvalue weighted by Crippen LogP contribution is -2.51. The second kappa shape index (κ2) is 6.29. The van der Waals surface area contributed by atoms with Crippen LogP contribution in [0.4, 0.5) is 0 Å². The fourth-order valence-electron chi connectivity index (χ4n) is 1.78. The van der Waals surface area contributed by atoms with Crippen molar-refractivity contribution < 1.29 is 14.3 Å². The van der Waals surface area contributed by atoms with E-state index in [2.05, 4.69) is 12.2 Å². The molecule has 1 fully saturated rings. The second-order valence-corrected chi connectivity index (χ2v) is 5.81. The van der Waals surface area contributed by atoms with E-state index >= 15 is 0 Å². The van der Waals surface area contributed by atoms with Crippen LogP contribution in [0, 0.1) is 5.41 Å². The number of rotatable bonds is 3. The number of piperazine rings is 1. The average molecular weight is 256 g/mol. The first kappa shape index (κ1) is 15.1. The Kier molecular flexibility index (Phi) is 5.28. The molecule has 0 bridgehead atoms. The van der Waals surface area contributed by atoms with Crippen LogP contribution in [0.2, 0.25) is 0 Å². The minimum Gasteiger partial charge on any atom is -0.392 e. The zero-order valence-corrected chi connectivity index (χ0v) is 11.8. The Morgan fingerprint density at radius 3 is 2.61 bits per heavy atom. The first-order valence-corrected chi connectivity index (χ1v) is 6.53. The molecule has 5 heteroatoms. The van der Waals surface area contributed by atoms with Crippen LogP contribution >= 0.6 is 0 Å². The number of carbonyl (C=O) groups excluding carboxylic acids is 2. The molecule has 0 saturated carbocycles. The van der Waals surface area contributed by atoms with Crippen molar-refractivity contribution in [2.24, 2.45) is 5.41 Å². The van der Waals surface area contributed by atoms with Crippen molar-refractivity contribution in [2.75, 3.05) is 26.2 Å². The Labute approximate surface area is 109 Å². The van der Waals surface area contributed by atoms with Crippen molar-refractivity contribution in [2.45, 2.75) is 40.2 Å². The molecule has 5 nitrogen and oxygen atoms in total. The summed E-state index contributed by atoms with van der Waals surface area (Å²) in [7, 11) is 0. The molecule has 1 atom stereocenters. The highest BCUT2D eigenvalue weighted by Gasteiger charge is 2.27. The minimum absolute atomic E-state index is 0.194. The highest BCUT2D eigenvalue weighted by molar-refractivity contribution is 5.89. The Hall–Kier alpha value is -0.940. The average Bonchev–Trinajstić information content (AvgIpc) is 2.27. The van der Waals surface area contributed by atoms with Gasteiger partial charge in [-0.15, -0.1) is 0 Å². The Morgan fingerprint density at radius 1 is 1.39 bits per heavy atom. The lowest BCUT2D eigenvalue weighted by molar-refractivity contribution is -0.166. The predicted octanol–water partition coefficient (Wildman–Crippen LogP) is 0.786. The summed E-state index contributed by atoms with van der Waals surface area (Å²) in [5.41, 5.74) is -0.634. The van der Waals surface area contributed by atoms with Gasteiger partial charge in [0.05, 0.1) is 12.0 Å². The van der Waals surface area contributed by atoms with E-state index in [1.807, 2.05) is 4.90 Å². The van der Waals surface area contributed by atoms with Crippen molar-refractivity contribution in [3.05, 3.63) is 0 Å². The molecule has 0 aromatic rings. The van der Waals surface area contributed by atoms with Crippen molar-refractivity contribution in [1.82, 2.24) is 10.2 Å². The molecule has 0 spiro atoms. The van der Waals surface area contributed by atoms with Gasteiger partial charge in [0.1, 0.15) is 0 Å². The van der Waals surface area contributed by atoms with Crippen molar-refractivity contribution >= 4 is 11.9 Å². The van der Waals surface area contributed by atoms with Crippen LogP contribution in [0.25, 0.3) is 0 Å². The largest absolute Gasteiger partial charge is 0.392 e. The number of nitrogens with one attached hydrogen (secondary N) is 1. The van der Waals surface area contributed by atoms with Gasteiger partial charge in [-0.2, -0.15) is 0 Å². The Balaban J connectivity index is 2.38. The molecule has 0 amide bonds. The molecule has 1 heterocycles. The number of esters is 2. The fraction of sp³-hybridized carbons (Fsp3) is 0.846. The van der Waals surface area contributed by atoms with E-state index in [4.69, 9.17) is 4.74 Å². The molecule has 104 valence electrons. The molecular weight excluding hydrogens is 232 g/mol. The van der Waals surface area contributed by atoms with E-state index < -0.39 is 17.4 Å². The Morgan fingerprint density at radius 2 is 2.06 bits per heavy atom. The van der Waals surface area contributed by atoms with Crippen molar-refractivity contribution in [1.29, 1.82) is 0 Å². The highest BCUT2D eigenvalue weighted by atomic mass is 16.6. The minimum atomic E-state index is -0.634. The first-order valence-electron chi connectivity index (χ1n) is 6.53. The first-order chi connectivity index (χ1) is 8.32. The molecule has 1 aliphatic rings. The number of ether oxygens (including phenoxy) is 1. The molecular formula is C13H24N2O3. The molecule has 0 aliphatic carbocycles. The molecule has 1 N–H and O–H groups in total. The van der Waals surface area contributed by atoms with E-state index in [0.717, 1.165) is 26.1 Å². The van der Waals surface area contributed by atoms with Gasteiger partial charge < -0.3 is 10.1 Å². The number of hydrogen-bond donors (Lipinski definition) is 1. The van der Waals surface area contributed by atoms with Gasteiger partial charge >= 0.3 is 11.9 Å². The third-order valence-electron chi connectivity index (χ3n) is 3.00. The lowest BCUT2D eigenvalue weighted by atomic mass is 9.97. The molecule has 0 aromatic carbocycles. The predicted molar refractivity (Wildman–Crippen MR) is 69.1 cm³/mol. The standard InChI is InChI=1S/C13H24N2O3/c1-5-10-8-15(7-6-14-10)9-11(16)18-12(17)13(2,3)4/h10,14H,5-9H2,1-4H3/t10-/m1/s1. The van der Waals surface area contributed by atoms with Crippen LogP contribution in [0.15, 0.2) is 0 Å². The summed E-state index contributed by atoms with van der Waals surface area (Å²) in [5, 5.41) is 3.38. The molecule has 1 rings (SSSR count). The van der Waals surface area contributed by atoms with Crippen molar-refractivity contribution in [3.63, 3.8) is 0 Å². The van der Waals surface area contributed by atoms with Gasteiger partial charge in [0.25, 0.3) is 0 Å². The molecule has 0 unspecified atom stereocenters. The molecule has 1 aliphatic heterocycles. The highest BCUT2D eigenvalue weighted by Crippen LogP contribution is 2.15. The molecule has 18 heavy (non-hydrogen) atoms. The fourth-order valence-corrected chi connectivity index (χ4v) is 1.78. The van der Waals surface area contributed by atoms with Gasteiger partial charge in [-0.05, 0) is 27.2 Å². The van der Waals surface area contributed by atoms with Gasteiger partial charge in [-0.25, -0.2) is 0 Å². The monoisotopic (exact) mass is 256 g/mol. The quantitative estimate of drug-likeness (QED) is 0.597. The van der Waals surface area contributed by atoms with Gasteiger partial charge in [-0.3, -0.25) is 14.5 Å². The van der Waals surface area contributed by atoms with Gasteiger partial charge in [-0.1, -0.05) is 6.92 Å². The lowest BCUT2D eigenvalue weighted by Gasteiger charge is -2.32. The van der Waals surface area contributed by atoms with Gasteiger partial charge in [0, 0.05) is 25.7 Å². The summed E-state index contributed by atoms with van der Waals surface area (Å²) in [5.74, 6) is -0.915. The molecule has 0 aromatic heterocycles. The third-order valence-corrected chi connectivity index (χ3v) is 3.00. The number of nitrogens with zero attached hydrogens (tertiary/aromatic N) is 1. The van der Waals surface area contributed by atoms with E-state index in [1.165, 1.54) is 0 Å². The summed E-state index contributed by atoms with van der Waals surface area (Å²) in [4.78, 5) is 25.3. The van der Waals surface area contributed by atoms with Gasteiger partial charge in [0.15, 0.2) is 0 Å². The van der Waals surface area contributed by atoms with E-state index in [0.29, 0.717) is 6.04 Å². The summed E-state index contributed by atoms with van der Waals surface area (Å²) in [6, 6.07) is 0.421. The van der Waals surface area contributed by atoms with Crippen LogP contribution in [0.5, 0.6) is 0 Å². The van der Waals surface area contributed by atoms with Crippen LogP contribution < -0.4 is 5.32 Å². The maximum atomic E-state index is 11.7. The SMILES string of the molecule is CC[C@@H]1CN(CC(=O)OC(=O)C(C)(C)C)CCN1. The van der Waals surface area contributed by atoms with Crippen molar-refractivity contribution in [3.8, 4) is 0 Å². The third kappa shape index (κ3) is 4.74. The summed E-state index contributed by atoms with van der Waals surface area (Å²) in [6.07, 6.45) is 1.03. The smallest absolute Gasteiger partial charge is 0.327 e. The number of hydrogen-bond acceptors (Lipinski definition) is 5. The topological polar surface area (TPSA) is 58.6 Å². The van der Waals surface area contributed by atoms with Crippen LogP contribution in [-0.4, -0.2) is 49.1 Å². The zero-order valence-electron chi connectivity index (χ0n) is 11.8. The second-order valence-electron chi connectivity index (χ2n) is 5.81. The van der Waals surface area contributed by atoms with Crippen LogP contribution in [0.1, 0.15) is 34.1 Å². The molecule has 1 saturated heterocycles.